The van der Waals surface area contributed by atoms with Crippen LogP contribution in [0, 0.1) is 0 Å². The van der Waals surface area contributed by atoms with Crippen LogP contribution in [0.3, 0.4) is 0 Å². The molecule has 3 aromatic rings. The number of nitrogens with one attached hydrogen (secondary N) is 2. The van der Waals surface area contributed by atoms with Crippen molar-refractivity contribution in [2.75, 3.05) is 16.4 Å². The van der Waals surface area contributed by atoms with E-state index in [2.05, 4.69) is 10.6 Å². The van der Waals surface area contributed by atoms with E-state index < -0.39 is 0 Å². The molecule has 0 saturated carbocycles. The molecule has 7 heteroatoms. The van der Waals surface area contributed by atoms with Crippen LogP contribution in [0.1, 0.15) is 39.1 Å². The molecule has 1 aliphatic rings. The van der Waals surface area contributed by atoms with Crippen LogP contribution >= 0.6 is 0 Å². The van der Waals surface area contributed by atoms with Crippen LogP contribution in [-0.2, 0) is 4.79 Å². The maximum atomic E-state index is 12.8. The Balaban J connectivity index is 1.37. The minimum absolute atomic E-state index is 0.162. The lowest BCUT2D eigenvalue weighted by atomic mass is 10.0. The van der Waals surface area contributed by atoms with E-state index in [1.54, 1.807) is 84.9 Å². The second kappa shape index (κ2) is 9.87. The van der Waals surface area contributed by atoms with Gasteiger partial charge in [-0.15, -0.1) is 0 Å². The number of benzene rings is 3. The van der Waals surface area contributed by atoms with Gasteiger partial charge >= 0.3 is 0 Å². The van der Waals surface area contributed by atoms with E-state index in [0.717, 1.165) is 5.70 Å². The van der Waals surface area contributed by atoms with Crippen molar-refractivity contribution in [1.82, 2.24) is 0 Å². The molecule has 1 aliphatic carbocycles. The van der Waals surface area contributed by atoms with Gasteiger partial charge in [0.2, 0.25) is 0 Å². The third kappa shape index (κ3) is 5.39. The van der Waals surface area contributed by atoms with Crippen molar-refractivity contribution in [2.45, 2.75) is 12.8 Å². The van der Waals surface area contributed by atoms with Gasteiger partial charge in [-0.1, -0.05) is 6.08 Å². The quantitative estimate of drug-likeness (QED) is 0.328. The van der Waals surface area contributed by atoms with Crippen molar-refractivity contribution < 1.29 is 14.4 Å². The summed E-state index contributed by atoms with van der Waals surface area (Å²) >= 11 is 0. The third-order valence-corrected chi connectivity index (χ3v) is 5.46. The van der Waals surface area contributed by atoms with Crippen LogP contribution in [0.15, 0.2) is 96.2 Å². The highest BCUT2D eigenvalue weighted by molar-refractivity contribution is 6.10. The predicted octanol–water partition coefficient (Wildman–Crippen LogP) is 4.25. The Hall–Kier alpha value is -4.65. The molecule has 170 valence electrons. The molecule has 4 rings (SSSR count). The number of rotatable bonds is 6. The molecule has 0 aromatic heterocycles. The fourth-order valence-electron chi connectivity index (χ4n) is 3.47. The van der Waals surface area contributed by atoms with E-state index in [1.165, 1.54) is 0 Å². The van der Waals surface area contributed by atoms with Gasteiger partial charge in [0.15, 0.2) is 5.78 Å². The molecular formula is C27H24N4O3. The van der Waals surface area contributed by atoms with Gasteiger partial charge in [0.1, 0.15) is 0 Å². The Labute approximate surface area is 197 Å². The first-order valence-corrected chi connectivity index (χ1v) is 10.8. The van der Waals surface area contributed by atoms with E-state index in [1.807, 2.05) is 0 Å². The summed E-state index contributed by atoms with van der Waals surface area (Å²) in [7, 11) is 0. The topological polar surface area (TPSA) is 127 Å². The van der Waals surface area contributed by atoms with Crippen LogP contribution in [-0.4, -0.2) is 17.6 Å². The molecule has 3 aromatic carbocycles. The molecule has 6 N–H and O–H groups in total. The summed E-state index contributed by atoms with van der Waals surface area (Å²) in [5, 5.41) is 5.63. The normalized spacial score (nSPS) is 12.8. The van der Waals surface area contributed by atoms with E-state index in [-0.39, 0.29) is 17.6 Å². The van der Waals surface area contributed by atoms with Gasteiger partial charge in [0.25, 0.3) is 11.8 Å². The lowest BCUT2D eigenvalue weighted by molar-refractivity contribution is -0.113. The average molecular weight is 453 g/mol. The number of ketones is 1. The highest BCUT2D eigenvalue weighted by Crippen LogP contribution is 2.20. The zero-order valence-corrected chi connectivity index (χ0v) is 18.4. The highest BCUT2D eigenvalue weighted by atomic mass is 16.2. The number of anilines is 3. The Bertz CT molecular complexity index is 1290. The Kier molecular flexibility index (Phi) is 6.54. The van der Waals surface area contributed by atoms with Gasteiger partial charge in [0, 0.05) is 45.0 Å². The molecule has 34 heavy (non-hydrogen) atoms. The number of nitrogen functional groups attached to an aromatic ring is 1. The smallest absolute Gasteiger partial charge is 0.255 e. The maximum Gasteiger partial charge on any atom is 0.255 e. The van der Waals surface area contributed by atoms with E-state index in [9.17, 15) is 14.4 Å². The number of allylic oxidation sites excluding steroid dienone is 3. The SMILES string of the molecule is NC1=CC=C(C(=O)Nc2ccc(C(=O)c3ccc(NC(=O)c4ccc(N)cc4)cc3)cc2)CC1. The largest absolute Gasteiger partial charge is 0.402 e. The monoisotopic (exact) mass is 452 g/mol. The van der Waals surface area contributed by atoms with Crippen molar-refractivity contribution in [3.8, 4) is 0 Å². The second-order valence-corrected chi connectivity index (χ2v) is 7.95. The fourth-order valence-corrected chi connectivity index (χ4v) is 3.47. The summed E-state index contributed by atoms with van der Waals surface area (Å²) in [6.45, 7) is 0. The lowest BCUT2D eigenvalue weighted by Crippen LogP contribution is -2.16. The van der Waals surface area contributed by atoms with Gasteiger partial charge in [-0.25, -0.2) is 0 Å². The summed E-state index contributed by atoms with van der Waals surface area (Å²) in [4.78, 5) is 37.5. The third-order valence-electron chi connectivity index (χ3n) is 5.46. The van der Waals surface area contributed by atoms with Crippen LogP contribution in [0.5, 0.6) is 0 Å². The standard InChI is InChI=1S/C27H24N4O3/c28-21-9-1-19(2-10-21)26(33)30-23-13-5-17(6-14-23)25(32)18-7-15-24(16-8-18)31-27(34)20-3-11-22(29)12-4-20/h1-3,5-11,13-16H,4,12,28-29H2,(H,30,33)(H,31,34). The second-order valence-electron chi connectivity index (χ2n) is 7.95. The highest BCUT2D eigenvalue weighted by Gasteiger charge is 2.14. The number of nitrogens with two attached hydrogens (primary N) is 2. The minimum Gasteiger partial charge on any atom is -0.402 e. The van der Waals surface area contributed by atoms with E-state index in [0.29, 0.717) is 52.2 Å². The summed E-state index contributed by atoms with van der Waals surface area (Å²) < 4.78 is 0. The van der Waals surface area contributed by atoms with Crippen LogP contribution in [0.25, 0.3) is 0 Å². The molecule has 0 heterocycles. The molecule has 0 aliphatic heterocycles. The molecule has 2 amide bonds. The van der Waals surface area contributed by atoms with Crippen molar-refractivity contribution in [1.29, 1.82) is 0 Å². The Morgan fingerprint density at radius 1 is 0.588 bits per heavy atom. The van der Waals surface area contributed by atoms with Crippen LogP contribution in [0.4, 0.5) is 17.1 Å². The first-order chi connectivity index (χ1) is 16.4. The average Bonchev–Trinajstić information content (AvgIpc) is 2.85. The summed E-state index contributed by atoms with van der Waals surface area (Å²) in [5.74, 6) is -0.607. The minimum atomic E-state index is -0.264. The van der Waals surface area contributed by atoms with Crippen molar-refractivity contribution >= 4 is 34.7 Å². The molecule has 0 saturated heterocycles. The molecule has 0 unspecified atom stereocenters. The molecule has 0 spiro atoms. The van der Waals surface area contributed by atoms with Crippen molar-refractivity contribution in [2.24, 2.45) is 5.73 Å². The zero-order valence-electron chi connectivity index (χ0n) is 18.4. The number of hydrogen-bond acceptors (Lipinski definition) is 5. The van der Waals surface area contributed by atoms with E-state index in [4.69, 9.17) is 11.5 Å². The Morgan fingerprint density at radius 2 is 1.09 bits per heavy atom. The number of hydrogen-bond donors (Lipinski definition) is 4. The number of carbonyl (C=O) groups excluding carboxylic acids is 3. The van der Waals surface area contributed by atoms with Gasteiger partial charge < -0.3 is 22.1 Å². The van der Waals surface area contributed by atoms with Crippen LogP contribution < -0.4 is 22.1 Å². The number of amides is 2. The zero-order chi connectivity index (χ0) is 24.1. The first-order valence-electron chi connectivity index (χ1n) is 10.8. The van der Waals surface area contributed by atoms with Gasteiger partial charge in [-0.2, -0.15) is 0 Å². The van der Waals surface area contributed by atoms with Crippen molar-refractivity contribution in [3.05, 3.63) is 113 Å². The maximum absolute atomic E-state index is 12.8. The predicted molar refractivity (Wildman–Crippen MR) is 133 cm³/mol. The summed E-state index contributed by atoms with van der Waals surface area (Å²) in [5.41, 5.74) is 16.0. The molecule has 0 bridgehead atoms. The molecule has 0 fully saturated rings. The molecular weight excluding hydrogens is 428 g/mol. The molecule has 0 radical (unpaired) electrons. The van der Waals surface area contributed by atoms with Gasteiger partial charge in [0.05, 0.1) is 0 Å². The molecule has 0 atom stereocenters. The molecule has 7 nitrogen and oxygen atoms in total. The summed E-state index contributed by atoms with van der Waals surface area (Å²) in [6, 6.07) is 20.0. The summed E-state index contributed by atoms with van der Waals surface area (Å²) in [6.07, 6.45) is 4.74. The van der Waals surface area contributed by atoms with Gasteiger partial charge in [-0.3, -0.25) is 14.4 Å². The van der Waals surface area contributed by atoms with E-state index >= 15 is 0 Å². The number of carbonyl (C=O) groups is 3. The lowest BCUT2D eigenvalue weighted by Gasteiger charge is -2.12. The van der Waals surface area contributed by atoms with Crippen molar-refractivity contribution in [3.63, 3.8) is 0 Å². The van der Waals surface area contributed by atoms with Gasteiger partial charge in [-0.05, 0) is 91.7 Å². The Morgan fingerprint density at radius 3 is 1.59 bits per heavy atom. The first kappa shape index (κ1) is 22.5. The van der Waals surface area contributed by atoms with Crippen LogP contribution in [0.2, 0.25) is 0 Å². The fraction of sp³-hybridized carbons (Fsp3) is 0.0741.